The first-order valence-corrected chi connectivity index (χ1v) is 10.4. The second kappa shape index (κ2) is 12.9. The molecule has 0 unspecified atom stereocenters. The Bertz CT molecular complexity index is 623. The molecule has 2 saturated heterocycles. The monoisotopic (exact) mass is 504 g/mol. The van der Waals surface area contributed by atoms with E-state index in [2.05, 4.69) is 0 Å². The molecule has 2 aliphatic heterocycles. The van der Waals surface area contributed by atoms with Gasteiger partial charge >= 0.3 is 0 Å². The van der Waals surface area contributed by atoms with Crippen molar-refractivity contribution >= 4 is 6.29 Å². The summed E-state index contributed by atoms with van der Waals surface area (Å²) in [5, 5.41) is 109. The van der Waals surface area contributed by atoms with Crippen molar-refractivity contribution in [2.45, 2.75) is 85.8 Å². The maximum absolute atomic E-state index is 10.8. The Morgan fingerprint density at radius 3 is 1.85 bits per heavy atom. The van der Waals surface area contributed by atoms with Crippen LogP contribution in [0.5, 0.6) is 0 Å². The third-order valence-corrected chi connectivity index (χ3v) is 5.65. The van der Waals surface area contributed by atoms with E-state index < -0.39 is 106 Å². The number of hydrogen-bond acceptors (Lipinski definition) is 16. The first-order valence-electron chi connectivity index (χ1n) is 10.4. The molecule has 0 saturated carbocycles. The van der Waals surface area contributed by atoms with Crippen molar-refractivity contribution in [1.29, 1.82) is 0 Å². The highest BCUT2D eigenvalue weighted by Crippen LogP contribution is 2.30. The number of carbonyl (C=O) groups excluding carboxylic acids is 1. The highest BCUT2D eigenvalue weighted by atomic mass is 16.7. The van der Waals surface area contributed by atoms with Gasteiger partial charge in [0.2, 0.25) is 0 Å². The Morgan fingerprint density at radius 2 is 1.32 bits per heavy atom. The van der Waals surface area contributed by atoms with Crippen LogP contribution in [0.1, 0.15) is 0 Å². The van der Waals surface area contributed by atoms with Gasteiger partial charge in [0, 0.05) is 0 Å². The van der Waals surface area contributed by atoms with E-state index in [4.69, 9.17) is 18.9 Å². The Hall–Kier alpha value is -0.930. The molecule has 0 aromatic rings. The lowest BCUT2D eigenvalue weighted by atomic mass is 9.96. The van der Waals surface area contributed by atoms with Crippen LogP contribution in [0.25, 0.3) is 0 Å². The molecular weight excluding hydrogens is 472 g/mol. The molecule has 0 bridgehead atoms. The number of rotatable bonds is 11. The van der Waals surface area contributed by atoms with Gasteiger partial charge in [0.05, 0.1) is 19.8 Å². The molecule has 2 fully saturated rings. The molecule has 0 aliphatic carbocycles. The molecule has 0 spiro atoms. The van der Waals surface area contributed by atoms with Gasteiger partial charge in [-0.2, -0.15) is 0 Å². The molecule has 0 radical (unpaired) electrons. The molecular formula is C18H32O16. The molecule has 0 aromatic carbocycles. The molecule has 14 atom stereocenters. The maximum Gasteiger partial charge on any atom is 0.187 e. The molecule has 2 heterocycles. The number of aliphatic hydroxyl groups is 11. The van der Waals surface area contributed by atoms with Crippen molar-refractivity contribution in [3.8, 4) is 0 Å². The fraction of sp³-hybridized carbons (Fsp3) is 0.944. The summed E-state index contributed by atoms with van der Waals surface area (Å²) in [4.78, 5) is 10.8. The molecule has 16 nitrogen and oxygen atoms in total. The highest BCUT2D eigenvalue weighted by Gasteiger charge is 2.52. The van der Waals surface area contributed by atoms with Gasteiger partial charge in [0.1, 0.15) is 73.2 Å². The fourth-order valence-corrected chi connectivity index (χ4v) is 3.59. The SMILES string of the molecule is O=C[C@H](O)[C@@H](O)[C@H](O[C@@H]1O[C@H](CO)[C@H](O)[C@H](O[C@H]2O[C@H](CO)[C@@H](O)[C@H](O)[C@@H]2O)[C@H]1O)[C@H](O)CO. The van der Waals surface area contributed by atoms with Gasteiger partial charge in [-0.3, -0.25) is 0 Å². The molecule has 200 valence electrons. The average molecular weight is 504 g/mol. The summed E-state index contributed by atoms with van der Waals surface area (Å²) >= 11 is 0. The van der Waals surface area contributed by atoms with E-state index >= 15 is 0 Å². The van der Waals surface area contributed by atoms with Crippen LogP contribution in [0.15, 0.2) is 0 Å². The molecule has 2 aliphatic rings. The van der Waals surface area contributed by atoms with Gasteiger partial charge in [-0.15, -0.1) is 0 Å². The average Bonchev–Trinajstić information content (AvgIpc) is 2.84. The predicted molar refractivity (Wildman–Crippen MR) is 102 cm³/mol. The minimum Gasteiger partial charge on any atom is -0.394 e. The number of ether oxygens (including phenoxy) is 4. The van der Waals surface area contributed by atoms with Gasteiger partial charge in [-0.1, -0.05) is 0 Å². The Balaban J connectivity index is 2.25. The second-order valence-corrected chi connectivity index (χ2v) is 7.97. The number of carbonyl (C=O) groups is 1. The van der Waals surface area contributed by atoms with E-state index in [1.54, 1.807) is 0 Å². The van der Waals surface area contributed by atoms with Gasteiger partial charge in [0.25, 0.3) is 0 Å². The largest absolute Gasteiger partial charge is 0.394 e. The van der Waals surface area contributed by atoms with E-state index in [-0.39, 0.29) is 6.29 Å². The van der Waals surface area contributed by atoms with Crippen molar-refractivity contribution < 1.29 is 79.9 Å². The predicted octanol–water partition coefficient (Wildman–Crippen LogP) is -7.73. The van der Waals surface area contributed by atoms with Crippen LogP contribution in [-0.2, 0) is 23.7 Å². The molecule has 2 rings (SSSR count). The number of aldehydes is 1. The molecule has 0 amide bonds. The first kappa shape index (κ1) is 29.3. The van der Waals surface area contributed by atoms with Gasteiger partial charge in [0.15, 0.2) is 18.9 Å². The summed E-state index contributed by atoms with van der Waals surface area (Å²) < 4.78 is 21.0. The van der Waals surface area contributed by atoms with Crippen LogP contribution in [-0.4, -0.2) is 168 Å². The van der Waals surface area contributed by atoms with Crippen LogP contribution >= 0.6 is 0 Å². The minimum atomic E-state index is -2.10. The molecule has 34 heavy (non-hydrogen) atoms. The molecule has 11 N–H and O–H groups in total. The maximum atomic E-state index is 10.8. The van der Waals surface area contributed by atoms with Crippen LogP contribution in [0, 0.1) is 0 Å². The number of hydrogen-bond donors (Lipinski definition) is 11. The van der Waals surface area contributed by atoms with Crippen LogP contribution in [0.4, 0.5) is 0 Å². The standard InChI is InChI=1S/C18H32O16/c19-1-5(23)9(25)15(6(24)2-20)33-18-14(30)16(11(27)8(4-22)32-18)34-17-13(29)12(28)10(26)7(3-21)31-17/h1,5-18,20-30H,2-4H2/t5-,6+,7+,8+,9+,10+,11-,12-,13-,14+,15+,16-,17+,18-/m0/s1. The summed E-state index contributed by atoms with van der Waals surface area (Å²) in [6.07, 6.45) is -25.6. The van der Waals surface area contributed by atoms with Gasteiger partial charge < -0.3 is 79.9 Å². The summed E-state index contributed by atoms with van der Waals surface area (Å²) in [6, 6.07) is 0. The highest BCUT2D eigenvalue weighted by molar-refractivity contribution is 5.56. The van der Waals surface area contributed by atoms with Crippen molar-refractivity contribution in [2.75, 3.05) is 19.8 Å². The normalized spacial score (nSPS) is 42.6. The van der Waals surface area contributed by atoms with Crippen molar-refractivity contribution in [3.63, 3.8) is 0 Å². The quantitative estimate of drug-likeness (QED) is 0.117. The van der Waals surface area contributed by atoms with E-state index in [0.717, 1.165) is 0 Å². The zero-order valence-electron chi connectivity index (χ0n) is 17.7. The molecule has 16 heteroatoms. The zero-order chi connectivity index (χ0) is 25.7. The van der Waals surface area contributed by atoms with E-state index in [1.807, 2.05) is 0 Å². The van der Waals surface area contributed by atoms with Crippen LogP contribution in [0.2, 0.25) is 0 Å². The fourth-order valence-electron chi connectivity index (χ4n) is 3.59. The van der Waals surface area contributed by atoms with E-state index in [9.17, 15) is 61.0 Å². The first-order chi connectivity index (χ1) is 16.0. The minimum absolute atomic E-state index is 0.0748. The zero-order valence-corrected chi connectivity index (χ0v) is 17.7. The third-order valence-electron chi connectivity index (χ3n) is 5.65. The van der Waals surface area contributed by atoms with Crippen molar-refractivity contribution in [1.82, 2.24) is 0 Å². The van der Waals surface area contributed by atoms with E-state index in [0.29, 0.717) is 0 Å². The lowest BCUT2D eigenvalue weighted by Crippen LogP contribution is -2.65. The topological polar surface area (TPSA) is 277 Å². The third kappa shape index (κ3) is 6.25. The lowest BCUT2D eigenvalue weighted by Gasteiger charge is -2.46. The van der Waals surface area contributed by atoms with Crippen LogP contribution < -0.4 is 0 Å². The summed E-state index contributed by atoms with van der Waals surface area (Å²) in [7, 11) is 0. The summed E-state index contributed by atoms with van der Waals surface area (Å²) in [5.41, 5.74) is 0. The van der Waals surface area contributed by atoms with Crippen molar-refractivity contribution in [3.05, 3.63) is 0 Å². The smallest absolute Gasteiger partial charge is 0.187 e. The number of aliphatic hydroxyl groups excluding tert-OH is 11. The summed E-state index contributed by atoms with van der Waals surface area (Å²) in [6.45, 7) is -2.66. The van der Waals surface area contributed by atoms with Gasteiger partial charge in [-0.25, -0.2) is 0 Å². The summed E-state index contributed by atoms with van der Waals surface area (Å²) in [5.74, 6) is 0. The van der Waals surface area contributed by atoms with Crippen molar-refractivity contribution in [2.24, 2.45) is 0 Å². The Labute approximate surface area is 192 Å². The Morgan fingerprint density at radius 1 is 0.765 bits per heavy atom. The van der Waals surface area contributed by atoms with E-state index in [1.165, 1.54) is 0 Å². The molecule has 0 aromatic heterocycles. The van der Waals surface area contributed by atoms with Crippen LogP contribution in [0.3, 0.4) is 0 Å². The lowest BCUT2D eigenvalue weighted by molar-refractivity contribution is -0.368. The second-order valence-electron chi connectivity index (χ2n) is 7.97. The Kier molecular flexibility index (Phi) is 11.1. The van der Waals surface area contributed by atoms with Gasteiger partial charge in [-0.05, 0) is 0 Å².